The number of halogens is 1. The zero-order valence-corrected chi connectivity index (χ0v) is 14.3. The van der Waals surface area contributed by atoms with Crippen molar-refractivity contribution in [3.05, 3.63) is 16.9 Å². The highest BCUT2D eigenvalue weighted by molar-refractivity contribution is 7.99. The van der Waals surface area contributed by atoms with E-state index in [0.717, 1.165) is 45.0 Å². The van der Waals surface area contributed by atoms with E-state index in [1.54, 1.807) is 0 Å². The van der Waals surface area contributed by atoms with Gasteiger partial charge in [-0.25, -0.2) is 9.97 Å². The van der Waals surface area contributed by atoms with Crippen molar-refractivity contribution < 1.29 is 9.53 Å². The minimum Gasteiger partial charge on any atom is -0.379 e. The molecule has 22 heavy (non-hydrogen) atoms. The Morgan fingerprint density at radius 1 is 1.50 bits per heavy atom. The number of nitrogens with one attached hydrogen (secondary N) is 1. The minimum atomic E-state index is -0.243. The number of hydrogen-bond donors (Lipinski definition) is 1. The fraction of sp³-hybridized carbons (Fsp3) is 0.643. The van der Waals surface area contributed by atoms with Gasteiger partial charge in [-0.05, 0) is 18.7 Å². The number of rotatable bonds is 7. The van der Waals surface area contributed by atoms with Crippen molar-refractivity contribution in [2.75, 3.05) is 45.1 Å². The summed E-state index contributed by atoms with van der Waals surface area (Å²) in [6.45, 7) is 7.08. The predicted octanol–water partition coefficient (Wildman–Crippen LogP) is 1.69. The second-order valence-corrected chi connectivity index (χ2v) is 6.48. The molecule has 6 nitrogen and oxygen atoms in total. The molecule has 1 aliphatic rings. The summed E-state index contributed by atoms with van der Waals surface area (Å²) in [5, 5.41) is 3.73. The fourth-order valence-electron chi connectivity index (χ4n) is 2.12. The van der Waals surface area contributed by atoms with E-state index < -0.39 is 0 Å². The van der Waals surface area contributed by atoms with Crippen molar-refractivity contribution in [2.45, 2.75) is 18.5 Å². The van der Waals surface area contributed by atoms with Gasteiger partial charge in [0.2, 0.25) is 0 Å². The summed E-state index contributed by atoms with van der Waals surface area (Å²) in [6.07, 6.45) is 2.38. The second-order valence-electron chi connectivity index (χ2n) is 4.85. The number of hydrogen-bond acceptors (Lipinski definition) is 6. The van der Waals surface area contributed by atoms with Crippen LogP contribution < -0.4 is 5.32 Å². The first kappa shape index (κ1) is 17.5. The van der Waals surface area contributed by atoms with Gasteiger partial charge in [0.1, 0.15) is 0 Å². The number of ether oxygens (including phenoxy) is 1. The number of nitrogens with zero attached hydrogens (tertiary/aromatic N) is 3. The minimum absolute atomic E-state index is 0.243. The molecule has 1 saturated heterocycles. The van der Waals surface area contributed by atoms with E-state index in [4.69, 9.17) is 16.3 Å². The van der Waals surface area contributed by atoms with Gasteiger partial charge in [-0.15, -0.1) is 0 Å². The summed E-state index contributed by atoms with van der Waals surface area (Å²) in [5.41, 5.74) is 0.249. The molecule has 1 aromatic rings. The molecule has 1 aromatic heterocycles. The Hall–Kier alpha value is -0.890. The van der Waals surface area contributed by atoms with Gasteiger partial charge in [0, 0.05) is 19.6 Å². The first-order chi connectivity index (χ1) is 10.7. The van der Waals surface area contributed by atoms with Crippen LogP contribution in [-0.4, -0.2) is 65.9 Å². The molecular formula is C14H21ClN4O2S. The predicted molar refractivity (Wildman–Crippen MR) is 87.6 cm³/mol. The third-order valence-corrected chi connectivity index (χ3v) is 4.27. The van der Waals surface area contributed by atoms with Crippen LogP contribution in [0.15, 0.2) is 11.4 Å². The van der Waals surface area contributed by atoms with Gasteiger partial charge in [-0.3, -0.25) is 9.69 Å². The van der Waals surface area contributed by atoms with E-state index in [-0.39, 0.29) is 16.6 Å². The second kappa shape index (κ2) is 9.29. The molecule has 0 radical (unpaired) electrons. The molecule has 2 heterocycles. The van der Waals surface area contributed by atoms with Crippen LogP contribution in [0, 0.1) is 0 Å². The normalized spacial score (nSPS) is 15.7. The molecule has 0 aliphatic carbocycles. The largest absolute Gasteiger partial charge is 0.379 e. The van der Waals surface area contributed by atoms with Crippen molar-refractivity contribution >= 4 is 29.3 Å². The summed E-state index contributed by atoms with van der Waals surface area (Å²) in [5.74, 6) is 0.606. The Balaban J connectivity index is 1.77. The maximum Gasteiger partial charge on any atom is 0.271 e. The first-order valence-corrected chi connectivity index (χ1v) is 8.80. The zero-order valence-electron chi connectivity index (χ0n) is 12.7. The summed E-state index contributed by atoms with van der Waals surface area (Å²) in [6, 6.07) is 0. The van der Waals surface area contributed by atoms with E-state index >= 15 is 0 Å². The van der Waals surface area contributed by atoms with Gasteiger partial charge >= 0.3 is 0 Å². The SMILES string of the molecule is CCSc1ncc(Cl)c(C(=O)NCCCN2CCOCC2)n1. The van der Waals surface area contributed by atoms with Crippen molar-refractivity contribution in [3.63, 3.8) is 0 Å². The van der Waals surface area contributed by atoms with Crippen LogP contribution in [0.1, 0.15) is 23.8 Å². The summed E-state index contributed by atoms with van der Waals surface area (Å²) in [4.78, 5) is 22.8. The fourth-order valence-corrected chi connectivity index (χ4v) is 2.84. The van der Waals surface area contributed by atoms with Crippen molar-refractivity contribution in [3.8, 4) is 0 Å². The third-order valence-electron chi connectivity index (χ3n) is 3.25. The van der Waals surface area contributed by atoms with Gasteiger partial charge in [0.05, 0.1) is 24.4 Å². The molecule has 8 heteroatoms. The average Bonchev–Trinajstić information content (AvgIpc) is 2.54. The quantitative estimate of drug-likeness (QED) is 0.461. The molecule has 122 valence electrons. The molecule has 0 saturated carbocycles. The topological polar surface area (TPSA) is 67.4 Å². The highest BCUT2D eigenvalue weighted by Crippen LogP contribution is 2.17. The Morgan fingerprint density at radius 2 is 2.27 bits per heavy atom. The lowest BCUT2D eigenvalue weighted by atomic mass is 10.3. The van der Waals surface area contributed by atoms with Crippen LogP contribution in [0.4, 0.5) is 0 Å². The average molecular weight is 345 g/mol. The van der Waals surface area contributed by atoms with Crippen LogP contribution >= 0.6 is 23.4 Å². The van der Waals surface area contributed by atoms with Gasteiger partial charge < -0.3 is 10.1 Å². The molecular weight excluding hydrogens is 324 g/mol. The Kier molecular flexibility index (Phi) is 7.38. The standard InChI is InChI=1S/C14H21ClN4O2S/c1-2-22-14-17-10-11(15)12(18-14)13(20)16-4-3-5-19-6-8-21-9-7-19/h10H,2-9H2,1H3,(H,16,20). The lowest BCUT2D eigenvalue weighted by Gasteiger charge is -2.26. The Morgan fingerprint density at radius 3 is 3.00 bits per heavy atom. The molecule has 1 amide bonds. The number of aromatic nitrogens is 2. The van der Waals surface area contributed by atoms with E-state index in [0.29, 0.717) is 11.7 Å². The van der Waals surface area contributed by atoms with Crippen LogP contribution in [0.5, 0.6) is 0 Å². The monoisotopic (exact) mass is 344 g/mol. The van der Waals surface area contributed by atoms with Crippen molar-refractivity contribution in [1.82, 2.24) is 20.2 Å². The molecule has 0 spiro atoms. The van der Waals surface area contributed by atoms with Crippen LogP contribution in [-0.2, 0) is 4.74 Å². The molecule has 1 aliphatic heterocycles. The first-order valence-electron chi connectivity index (χ1n) is 7.44. The molecule has 1 N–H and O–H groups in total. The summed E-state index contributed by atoms with van der Waals surface area (Å²) >= 11 is 7.49. The maximum absolute atomic E-state index is 12.1. The molecule has 2 rings (SSSR count). The smallest absolute Gasteiger partial charge is 0.271 e. The molecule has 0 unspecified atom stereocenters. The molecule has 0 bridgehead atoms. The van der Waals surface area contributed by atoms with Crippen LogP contribution in [0.3, 0.4) is 0 Å². The molecule has 1 fully saturated rings. The Labute approximate surface area is 140 Å². The summed E-state index contributed by atoms with van der Waals surface area (Å²) in [7, 11) is 0. The van der Waals surface area contributed by atoms with Crippen molar-refractivity contribution in [2.24, 2.45) is 0 Å². The van der Waals surface area contributed by atoms with E-state index in [1.807, 2.05) is 6.92 Å². The van der Waals surface area contributed by atoms with Crippen LogP contribution in [0.25, 0.3) is 0 Å². The van der Waals surface area contributed by atoms with Crippen molar-refractivity contribution in [1.29, 1.82) is 0 Å². The van der Waals surface area contributed by atoms with Crippen LogP contribution in [0.2, 0.25) is 5.02 Å². The van der Waals surface area contributed by atoms with Gasteiger partial charge in [0.25, 0.3) is 5.91 Å². The van der Waals surface area contributed by atoms with Gasteiger partial charge in [0.15, 0.2) is 10.9 Å². The number of amides is 1. The van der Waals surface area contributed by atoms with Gasteiger partial charge in [-0.1, -0.05) is 30.3 Å². The highest BCUT2D eigenvalue weighted by atomic mass is 35.5. The van der Waals surface area contributed by atoms with Gasteiger partial charge in [-0.2, -0.15) is 0 Å². The maximum atomic E-state index is 12.1. The summed E-state index contributed by atoms with van der Waals surface area (Å²) < 4.78 is 5.30. The molecule has 0 atom stereocenters. The Bertz CT molecular complexity index is 498. The van der Waals surface area contributed by atoms with E-state index in [9.17, 15) is 4.79 Å². The third kappa shape index (κ3) is 5.39. The number of morpholine rings is 1. The molecule has 0 aromatic carbocycles. The van der Waals surface area contributed by atoms with E-state index in [2.05, 4.69) is 20.2 Å². The lowest BCUT2D eigenvalue weighted by molar-refractivity contribution is 0.0374. The lowest BCUT2D eigenvalue weighted by Crippen LogP contribution is -2.38. The number of thioether (sulfide) groups is 1. The zero-order chi connectivity index (χ0) is 15.8. The number of carbonyl (C=O) groups excluding carboxylic acids is 1. The highest BCUT2D eigenvalue weighted by Gasteiger charge is 2.14. The van der Waals surface area contributed by atoms with E-state index in [1.165, 1.54) is 18.0 Å². The number of carbonyl (C=O) groups is 1.